The van der Waals surface area contributed by atoms with E-state index in [2.05, 4.69) is 26.0 Å². The molecule has 3 aromatic carbocycles. The van der Waals surface area contributed by atoms with E-state index in [-0.39, 0.29) is 34.4 Å². The van der Waals surface area contributed by atoms with Crippen LogP contribution in [0.25, 0.3) is 10.9 Å². The van der Waals surface area contributed by atoms with Crippen LogP contribution in [0.2, 0.25) is 5.02 Å². The number of ether oxygens (including phenoxy) is 1. The van der Waals surface area contributed by atoms with Crippen molar-refractivity contribution < 1.29 is 14.1 Å². The number of hydrogen-bond acceptors (Lipinski definition) is 6. The number of nitrogens with zero attached hydrogens (tertiary/aromatic N) is 4. The van der Waals surface area contributed by atoms with Crippen molar-refractivity contribution in [3.8, 4) is 5.75 Å². The Labute approximate surface area is 218 Å². The van der Waals surface area contributed by atoms with Gasteiger partial charge in [0.2, 0.25) is 5.75 Å². The third-order valence-corrected chi connectivity index (χ3v) is 5.96. The third kappa shape index (κ3) is 5.44. The summed E-state index contributed by atoms with van der Waals surface area (Å²) in [6.07, 6.45) is 1.30. The van der Waals surface area contributed by atoms with E-state index in [9.17, 15) is 19.3 Å². The summed E-state index contributed by atoms with van der Waals surface area (Å²) in [4.78, 5) is 28.8. The van der Waals surface area contributed by atoms with Crippen LogP contribution in [0.1, 0.15) is 36.7 Å². The summed E-state index contributed by atoms with van der Waals surface area (Å²) in [6, 6.07) is 13.6. The monoisotopic (exact) mass is 572 g/mol. The molecular formula is C25H19BrClFN4O4. The molecule has 0 spiro atoms. The van der Waals surface area contributed by atoms with E-state index in [1.54, 1.807) is 24.3 Å². The lowest BCUT2D eigenvalue weighted by molar-refractivity contribution is -0.385. The first-order valence-electron chi connectivity index (χ1n) is 10.8. The Bertz CT molecular complexity index is 1570. The number of rotatable bonds is 7. The predicted octanol–water partition coefficient (Wildman–Crippen LogP) is 6.44. The lowest BCUT2D eigenvalue weighted by Gasteiger charge is -2.12. The van der Waals surface area contributed by atoms with E-state index in [1.165, 1.54) is 41.2 Å². The summed E-state index contributed by atoms with van der Waals surface area (Å²) >= 11 is 9.67. The number of benzene rings is 3. The summed E-state index contributed by atoms with van der Waals surface area (Å²) in [5.74, 6) is -0.295. The Hall–Kier alpha value is -3.63. The summed E-state index contributed by atoms with van der Waals surface area (Å²) in [6.45, 7) is 3.65. The van der Waals surface area contributed by atoms with Crippen LogP contribution in [0.15, 0.2) is 69.0 Å². The zero-order chi connectivity index (χ0) is 26.0. The highest BCUT2D eigenvalue weighted by atomic mass is 79.9. The van der Waals surface area contributed by atoms with Crippen molar-refractivity contribution in [3.63, 3.8) is 0 Å². The van der Waals surface area contributed by atoms with Gasteiger partial charge in [-0.3, -0.25) is 14.9 Å². The molecule has 1 aromatic heterocycles. The van der Waals surface area contributed by atoms with E-state index in [0.717, 1.165) is 4.47 Å². The highest BCUT2D eigenvalue weighted by Gasteiger charge is 2.21. The average Bonchev–Trinajstić information content (AvgIpc) is 2.82. The SMILES string of the molecule is CC(C)c1nc2ccc(Br)cc2c(=O)n1N=Cc1cc(Cl)c(OCc2cccc(F)c2)c([N+](=O)[O-])c1. The van der Waals surface area contributed by atoms with Gasteiger partial charge in [0, 0.05) is 22.0 Å². The van der Waals surface area contributed by atoms with Crippen molar-refractivity contribution >= 4 is 50.3 Å². The molecule has 8 nitrogen and oxygen atoms in total. The number of halogens is 3. The van der Waals surface area contributed by atoms with Gasteiger partial charge in [-0.05, 0) is 42.0 Å². The smallest absolute Gasteiger partial charge is 0.313 e. The van der Waals surface area contributed by atoms with Crippen LogP contribution < -0.4 is 10.3 Å². The Morgan fingerprint density at radius 2 is 2.03 bits per heavy atom. The molecule has 0 atom stereocenters. The van der Waals surface area contributed by atoms with Crippen molar-refractivity contribution in [1.82, 2.24) is 9.66 Å². The molecule has 0 radical (unpaired) electrons. The van der Waals surface area contributed by atoms with Gasteiger partial charge in [0.1, 0.15) is 18.2 Å². The first-order chi connectivity index (χ1) is 17.1. The van der Waals surface area contributed by atoms with Crippen molar-refractivity contribution in [2.45, 2.75) is 26.4 Å². The summed E-state index contributed by atoms with van der Waals surface area (Å²) in [7, 11) is 0. The Kier molecular flexibility index (Phi) is 7.46. The van der Waals surface area contributed by atoms with Crippen LogP contribution in [0.5, 0.6) is 5.75 Å². The Morgan fingerprint density at radius 1 is 1.25 bits per heavy atom. The molecule has 11 heteroatoms. The van der Waals surface area contributed by atoms with Crippen LogP contribution in [0.3, 0.4) is 0 Å². The molecule has 0 bridgehead atoms. The van der Waals surface area contributed by atoms with Crippen LogP contribution in [0.4, 0.5) is 10.1 Å². The van der Waals surface area contributed by atoms with Gasteiger partial charge in [-0.1, -0.05) is 53.5 Å². The molecule has 0 saturated heterocycles. The quantitative estimate of drug-likeness (QED) is 0.144. The average molecular weight is 574 g/mol. The molecule has 0 amide bonds. The standard InChI is InChI=1S/C25H19BrClFN4O4/c1-14(2)24-30-21-7-6-17(26)11-19(21)25(33)31(24)29-12-16-9-20(27)23(22(10-16)32(34)35)36-13-15-4-3-5-18(28)8-15/h3-12,14H,13H2,1-2H3. The lowest BCUT2D eigenvalue weighted by atomic mass is 10.2. The zero-order valence-corrected chi connectivity index (χ0v) is 21.5. The summed E-state index contributed by atoms with van der Waals surface area (Å²) in [5.41, 5.74) is 0.536. The Morgan fingerprint density at radius 3 is 2.72 bits per heavy atom. The van der Waals surface area contributed by atoms with Gasteiger partial charge in [-0.2, -0.15) is 9.78 Å². The van der Waals surface area contributed by atoms with E-state index in [0.29, 0.717) is 22.3 Å². The van der Waals surface area contributed by atoms with Gasteiger partial charge in [0.25, 0.3) is 5.56 Å². The maximum Gasteiger partial charge on any atom is 0.313 e. The fourth-order valence-corrected chi connectivity index (χ4v) is 4.15. The van der Waals surface area contributed by atoms with Crippen molar-refractivity contribution in [3.05, 3.63) is 107 Å². The van der Waals surface area contributed by atoms with Gasteiger partial charge in [-0.25, -0.2) is 9.37 Å². The summed E-state index contributed by atoms with van der Waals surface area (Å²) < 4.78 is 20.9. The topological polar surface area (TPSA) is 99.6 Å². The Balaban J connectivity index is 1.72. The van der Waals surface area contributed by atoms with E-state index in [4.69, 9.17) is 16.3 Å². The van der Waals surface area contributed by atoms with Crippen molar-refractivity contribution in [2.24, 2.45) is 5.10 Å². The number of nitro groups is 1. The maximum atomic E-state index is 13.4. The largest absolute Gasteiger partial charge is 0.481 e. The molecule has 0 unspecified atom stereocenters. The molecule has 0 aliphatic rings. The minimum atomic E-state index is -0.634. The second-order valence-electron chi connectivity index (χ2n) is 8.17. The highest BCUT2D eigenvalue weighted by molar-refractivity contribution is 9.10. The molecule has 36 heavy (non-hydrogen) atoms. The maximum absolute atomic E-state index is 13.4. The van der Waals surface area contributed by atoms with Gasteiger partial charge in [-0.15, -0.1) is 0 Å². The molecule has 0 aliphatic carbocycles. The summed E-state index contributed by atoms with van der Waals surface area (Å²) in [5, 5.41) is 16.4. The minimum Gasteiger partial charge on any atom is -0.481 e. The first kappa shape index (κ1) is 25.5. The van der Waals surface area contributed by atoms with E-state index in [1.807, 2.05) is 13.8 Å². The minimum absolute atomic E-state index is 0.0287. The molecule has 1 heterocycles. The number of fused-ring (bicyclic) bond motifs is 1. The first-order valence-corrected chi connectivity index (χ1v) is 11.9. The molecule has 4 aromatic rings. The van der Waals surface area contributed by atoms with E-state index >= 15 is 0 Å². The lowest BCUT2D eigenvalue weighted by Crippen LogP contribution is -2.23. The van der Waals surface area contributed by atoms with Crippen LogP contribution in [-0.4, -0.2) is 20.8 Å². The van der Waals surface area contributed by atoms with Crippen LogP contribution in [-0.2, 0) is 6.61 Å². The second-order valence-corrected chi connectivity index (χ2v) is 9.50. The fourth-order valence-electron chi connectivity index (χ4n) is 3.51. The molecule has 0 aliphatic heterocycles. The normalized spacial score (nSPS) is 11.5. The molecule has 4 rings (SSSR count). The molecular weight excluding hydrogens is 555 g/mol. The third-order valence-electron chi connectivity index (χ3n) is 5.19. The van der Waals surface area contributed by atoms with Gasteiger partial charge in [0.15, 0.2) is 0 Å². The molecule has 0 N–H and O–H groups in total. The number of hydrogen-bond donors (Lipinski definition) is 0. The van der Waals surface area contributed by atoms with Gasteiger partial charge >= 0.3 is 5.69 Å². The van der Waals surface area contributed by atoms with Crippen LogP contribution >= 0.6 is 27.5 Å². The van der Waals surface area contributed by atoms with Gasteiger partial charge < -0.3 is 4.74 Å². The highest BCUT2D eigenvalue weighted by Crippen LogP contribution is 2.36. The second kappa shape index (κ2) is 10.5. The van der Waals surface area contributed by atoms with E-state index < -0.39 is 16.4 Å². The molecule has 0 saturated carbocycles. The number of nitro benzene ring substituents is 1. The fraction of sp³-hybridized carbons (Fsp3) is 0.160. The van der Waals surface area contributed by atoms with Gasteiger partial charge in [0.05, 0.1) is 27.1 Å². The van der Waals surface area contributed by atoms with Crippen LogP contribution in [0, 0.1) is 15.9 Å². The zero-order valence-electron chi connectivity index (χ0n) is 19.1. The number of aromatic nitrogens is 2. The van der Waals surface area contributed by atoms with Crippen molar-refractivity contribution in [2.75, 3.05) is 0 Å². The molecule has 0 fully saturated rings. The van der Waals surface area contributed by atoms with Crippen molar-refractivity contribution in [1.29, 1.82) is 0 Å². The molecule has 184 valence electrons. The predicted molar refractivity (Wildman–Crippen MR) is 140 cm³/mol.